The van der Waals surface area contributed by atoms with Gasteiger partial charge in [0.1, 0.15) is 0 Å². The van der Waals surface area contributed by atoms with E-state index in [4.69, 9.17) is 0 Å². The van der Waals surface area contributed by atoms with Gasteiger partial charge in [0.2, 0.25) is 0 Å². The van der Waals surface area contributed by atoms with Gasteiger partial charge in [0, 0.05) is 12.6 Å². The molecule has 15 heavy (non-hydrogen) atoms. The monoisotopic (exact) mass is 205 g/mol. The van der Waals surface area contributed by atoms with Gasteiger partial charge >= 0.3 is 0 Å². The molecule has 0 aliphatic rings. The molecule has 1 N–H and O–H groups in total. The highest BCUT2D eigenvalue weighted by Crippen LogP contribution is 2.15. The third kappa shape index (κ3) is 3.86. The molecular formula is C13H19NO. The molecule has 0 aliphatic heterocycles. The summed E-state index contributed by atoms with van der Waals surface area (Å²) < 4.78 is 0. The Balaban J connectivity index is 2.44. The fourth-order valence-corrected chi connectivity index (χ4v) is 1.33. The van der Waals surface area contributed by atoms with E-state index in [1.165, 1.54) is 5.06 Å². The van der Waals surface area contributed by atoms with E-state index >= 15 is 0 Å². The summed E-state index contributed by atoms with van der Waals surface area (Å²) in [4.78, 5) is 0. The van der Waals surface area contributed by atoms with Gasteiger partial charge in [-0.3, -0.25) is 0 Å². The molecule has 0 bridgehead atoms. The van der Waals surface area contributed by atoms with E-state index in [1.54, 1.807) is 0 Å². The van der Waals surface area contributed by atoms with Crippen molar-refractivity contribution in [2.45, 2.75) is 26.3 Å². The third-order valence-electron chi connectivity index (χ3n) is 2.42. The zero-order valence-electron chi connectivity index (χ0n) is 9.48. The number of hydrogen-bond acceptors (Lipinski definition) is 2. The second-order valence-electron chi connectivity index (χ2n) is 3.98. The molecule has 0 unspecified atom stereocenters. The van der Waals surface area contributed by atoms with Crippen LogP contribution in [0.1, 0.15) is 25.8 Å². The molecule has 0 heterocycles. The van der Waals surface area contributed by atoms with Gasteiger partial charge in [-0.15, -0.1) is 0 Å². The third-order valence-corrected chi connectivity index (χ3v) is 2.42. The molecule has 0 amide bonds. The zero-order valence-corrected chi connectivity index (χ0v) is 9.48. The van der Waals surface area contributed by atoms with E-state index in [1.807, 2.05) is 44.2 Å². The summed E-state index contributed by atoms with van der Waals surface area (Å²) in [6.07, 6.45) is 0.790. The van der Waals surface area contributed by atoms with E-state index in [0.29, 0.717) is 6.54 Å². The van der Waals surface area contributed by atoms with Crippen molar-refractivity contribution in [3.63, 3.8) is 0 Å². The standard InChI is InChI=1S/C13H19NO/c1-11(2)14(15)10-9-12(3)13-7-5-4-6-8-13/h4-8,11,15H,3,9-10H2,1-2H3. The lowest BCUT2D eigenvalue weighted by atomic mass is 10.0. The minimum Gasteiger partial charge on any atom is -0.314 e. The summed E-state index contributed by atoms with van der Waals surface area (Å²) in [7, 11) is 0. The van der Waals surface area contributed by atoms with Crippen LogP contribution in [0.2, 0.25) is 0 Å². The first kappa shape index (κ1) is 12.0. The fraction of sp³-hybridized carbons (Fsp3) is 0.385. The van der Waals surface area contributed by atoms with Crippen LogP contribution in [0.15, 0.2) is 36.9 Å². The first-order valence-electron chi connectivity index (χ1n) is 5.30. The van der Waals surface area contributed by atoms with Crippen molar-refractivity contribution >= 4 is 5.57 Å². The van der Waals surface area contributed by atoms with Gasteiger partial charge < -0.3 is 5.21 Å². The topological polar surface area (TPSA) is 23.5 Å². The van der Waals surface area contributed by atoms with Crippen molar-refractivity contribution in [2.75, 3.05) is 6.54 Å². The first-order valence-corrected chi connectivity index (χ1v) is 5.30. The smallest absolute Gasteiger partial charge is 0.0293 e. The SMILES string of the molecule is C=C(CCN(O)C(C)C)c1ccccc1. The Hall–Kier alpha value is -1.12. The molecule has 2 nitrogen and oxygen atoms in total. The predicted octanol–water partition coefficient (Wildman–Crippen LogP) is 3.19. The molecule has 0 radical (unpaired) electrons. The number of benzene rings is 1. The Labute approximate surface area is 91.8 Å². The maximum atomic E-state index is 9.51. The van der Waals surface area contributed by atoms with Gasteiger partial charge in [-0.25, -0.2) is 0 Å². The van der Waals surface area contributed by atoms with Crippen molar-refractivity contribution in [1.29, 1.82) is 0 Å². The summed E-state index contributed by atoms with van der Waals surface area (Å²) in [5.74, 6) is 0. The van der Waals surface area contributed by atoms with Crippen LogP contribution in [0.25, 0.3) is 5.57 Å². The number of rotatable bonds is 5. The Morgan fingerprint density at radius 3 is 2.47 bits per heavy atom. The Morgan fingerprint density at radius 1 is 1.33 bits per heavy atom. The van der Waals surface area contributed by atoms with Gasteiger partial charge in [-0.1, -0.05) is 36.9 Å². The van der Waals surface area contributed by atoms with Crippen LogP contribution in [0.4, 0.5) is 0 Å². The van der Waals surface area contributed by atoms with Crippen molar-refractivity contribution in [3.8, 4) is 0 Å². The van der Waals surface area contributed by atoms with E-state index < -0.39 is 0 Å². The molecule has 1 aromatic rings. The van der Waals surface area contributed by atoms with Crippen LogP contribution in [-0.4, -0.2) is 22.9 Å². The highest BCUT2D eigenvalue weighted by atomic mass is 16.5. The van der Waals surface area contributed by atoms with Crippen LogP contribution in [0, 0.1) is 0 Å². The highest BCUT2D eigenvalue weighted by molar-refractivity contribution is 5.63. The normalized spacial score (nSPS) is 11.0. The molecule has 0 spiro atoms. The van der Waals surface area contributed by atoms with Crippen LogP contribution in [0.5, 0.6) is 0 Å². The number of nitrogens with zero attached hydrogens (tertiary/aromatic N) is 1. The molecule has 82 valence electrons. The fourth-order valence-electron chi connectivity index (χ4n) is 1.33. The van der Waals surface area contributed by atoms with E-state index in [2.05, 4.69) is 6.58 Å². The van der Waals surface area contributed by atoms with Crippen LogP contribution in [0.3, 0.4) is 0 Å². The average molecular weight is 205 g/mol. The number of hydroxylamine groups is 2. The molecule has 0 fully saturated rings. The quantitative estimate of drug-likeness (QED) is 0.746. The molecule has 0 saturated heterocycles. The van der Waals surface area contributed by atoms with Gasteiger partial charge in [-0.2, -0.15) is 5.06 Å². The Morgan fingerprint density at radius 2 is 1.93 bits per heavy atom. The Kier molecular flexibility index (Phi) is 4.53. The second-order valence-corrected chi connectivity index (χ2v) is 3.98. The molecule has 1 aromatic carbocycles. The molecule has 0 saturated carbocycles. The summed E-state index contributed by atoms with van der Waals surface area (Å²) in [5, 5.41) is 10.9. The van der Waals surface area contributed by atoms with Crippen LogP contribution < -0.4 is 0 Å². The second kappa shape index (κ2) is 5.69. The summed E-state index contributed by atoms with van der Waals surface area (Å²) >= 11 is 0. The van der Waals surface area contributed by atoms with Gasteiger partial charge in [0.05, 0.1) is 0 Å². The van der Waals surface area contributed by atoms with Crippen LogP contribution in [-0.2, 0) is 0 Å². The van der Waals surface area contributed by atoms with Crippen molar-refractivity contribution in [3.05, 3.63) is 42.5 Å². The largest absolute Gasteiger partial charge is 0.314 e. The summed E-state index contributed by atoms with van der Waals surface area (Å²) in [6.45, 7) is 8.58. The molecule has 0 aliphatic carbocycles. The maximum Gasteiger partial charge on any atom is 0.0293 e. The minimum absolute atomic E-state index is 0.161. The van der Waals surface area contributed by atoms with Gasteiger partial charge in [0.25, 0.3) is 0 Å². The lowest BCUT2D eigenvalue weighted by Gasteiger charge is -2.19. The highest BCUT2D eigenvalue weighted by Gasteiger charge is 2.06. The summed E-state index contributed by atoms with van der Waals surface area (Å²) in [5.41, 5.74) is 2.21. The minimum atomic E-state index is 0.161. The van der Waals surface area contributed by atoms with E-state index in [-0.39, 0.29) is 6.04 Å². The van der Waals surface area contributed by atoms with Gasteiger partial charge in [-0.05, 0) is 31.4 Å². The van der Waals surface area contributed by atoms with Crippen molar-refractivity contribution in [1.82, 2.24) is 5.06 Å². The van der Waals surface area contributed by atoms with E-state index in [9.17, 15) is 5.21 Å². The van der Waals surface area contributed by atoms with Crippen molar-refractivity contribution in [2.24, 2.45) is 0 Å². The molecule has 1 rings (SSSR count). The molecule has 0 atom stereocenters. The maximum absolute atomic E-state index is 9.51. The lowest BCUT2D eigenvalue weighted by Crippen LogP contribution is -2.28. The molecule has 0 aromatic heterocycles. The molecule has 2 heteroatoms. The number of hydrogen-bond donors (Lipinski definition) is 1. The predicted molar refractivity (Wildman–Crippen MR) is 63.7 cm³/mol. The summed E-state index contributed by atoms with van der Waals surface area (Å²) in [6, 6.07) is 10.2. The average Bonchev–Trinajstić information content (AvgIpc) is 2.26. The van der Waals surface area contributed by atoms with Crippen LogP contribution >= 0.6 is 0 Å². The van der Waals surface area contributed by atoms with E-state index in [0.717, 1.165) is 17.6 Å². The lowest BCUT2D eigenvalue weighted by molar-refractivity contribution is -0.114. The Bertz CT molecular complexity index is 306. The van der Waals surface area contributed by atoms with Gasteiger partial charge in [0.15, 0.2) is 0 Å². The van der Waals surface area contributed by atoms with Crippen molar-refractivity contribution < 1.29 is 5.21 Å². The zero-order chi connectivity index (χ0) is 11.3. The first-order chi connectivity index (χ1) is 7.11. The molecular weight excluding hydrogens is 186 g/mol.